The van der Waals surface area contributed by atoms with E-state index >= 15 is 0 Å². The Morgan fingerprint density at radius 1 is 0.867 bits per heavy atom. The molecular formula is C33H40N4O8. The molecule has 1 heterocycles. The van der Waals surface area contributed by atoms with Gasteiger partial charge in [0.25, 0.3) is 0 Å². The largest absolute Gasteiger partial charge is 0.497 e. The number of carboxylic acid groups (broad SMARTS) is 1. The average Bonchev–Trinajstić information content (AvgIpc) is 3.00. The molecule has 0 aliphatic rings. The van der Waals surface area contributed by atoms with Crippen LogP contribution in [0.4, 0.5) is 22.1 Å². The van der Waals surface area contributed by atoms with Gasteiger partial charge in [-0.1, -0.05) is 24.3 Å². The van der Waals surface area contributed by atoms with Crippen LogP contribution in [0.15, 0.2) is 66.9 Å². The molecule has 0 saturated heterocycles. The fraction of sp³-hybridized carbons (Fsp3) is 0.364. The fourth-order valence-corrected chi connectivity index (χ4v) is 4.52. The molecule has 12 heteroatoms. The van der Waals surface area contributed by atoms with Crippen molar-refractivity contribution in [2.24, 2.45) is 0 Å². The van der Waals surface area contributed by atoms with E-state index in [1.165, 1.54) is 4.90 Å². The van der Waals surface area contributed by atoms with E-state index in [4.69, 9.17) is 28.4 Å². The SMILES string of the molecule is COCCOCCOCCOc1cc(Nc2nccc(Oc3ccc(N(C(=O)O)C(C)(C)C)c4ccccc34)n2)cc(OC)c1. The van der Waals surface area contributed by atoms with Gasteiger partial charge in [-0.3, -0.25) is 4.90 Å². The zero-order valence-corrected chi connectivity index (χ0v) is 26.2. The normalized spacial score (nSPS) is 11.3. The smallest absolute Gasteiger partial charge is 0.412 e. The van der Waals surface area contributed by atoms with E-state index in [9.17, 15) is 9.90 Å². The number of hydrogen-bond acceptors (Lipinski definition) is 10. The van der Waals surface area contributed by atoms with E-state index in [0.717, 1.165) is 10.8 Å². The highest BCUT2D eigenvalue weighted by molar-refractivity contribution is 6.04. The van der Waals surface area contributed by atoms with Crippen molar-refractivity contribution in [3.05, 3.63) is 66.9 Å². The lowest BCUT2D eigenvalue weighted by atomic mass is 10.0. The molecule has 0 spiro atoms. The highest BCUT2D eigenvalue weighted by atomic mass is 16.6. The molecule has 4 rings (SSSR count). The summed E-state index contributed by atoms with van der Waals surface area (Å²) < 4.78 is 33.4. The Morgan fingerprint density at radius 2 is 1.56 bits per heavy atom. The third kappa shape index (κ3) is 9.42. The molecular weight excluding hydrogens is 580 g/mol. The van der Waals surface area contributed by atoms with E-state index in [1.54, 1.807) is 50.7 Å². The zero-order chi connectivity index (χ0) is 32.2. The van der Waals surface area contributed by atoms with Crippen LogP contribution < -0.4 is 24.4 Å². The van der Waals surface area contributed by atoms with E-state index in [0.29, 0.717) is 80.1 Å². The second-order valence-electron chi connectivity index (χ2n) is 10.8. The molecule has 2 N–H and O–H groups in total. The Kier molecular flexibility index (Phi) is 11.7. The summed E-state index contributed by atoms with van der Waals surface area (Å²) in [6, 6.07) is 18.0. The maximum absolute atomic E-state index is 12.2. The molecule has 0 unspecified atom stereocenters. The van der Waals surface area contributed by atoms with E-state index in [2.05, 4.69) is 15.3 Å². The van der Waals surface area contributed by atoms with Gasteiger partial charge in [0.05, 0.1) is 45.8 Å². The number of aromatic nitrogens is 2. The van der Waals surface area contributed by atoms with Crippen LogP contribution in [0.5, 0.6) is 23.1 Å². The molecule has 0 aliphatic carbocycles. The summed E-state index contributed by atoms with van der Waals surface area (Å²) in [5.74, 6) is 2.31. The third-order valence-electron chi connectivity index (χ3n) is 6.48. The molecule has 0 aliphatic heterocycles. The minimum atomic E-state index is -1.04. The Hall–Kier alpha value is -4.65. The highest BCUT2D eigenvalue weighted by Gasteiger charge is 2.29. The first-order valence-electron chi connectivity index (χ1n) is 14.5. The monoisotopic (exact) mass is 620 g/mol. The van der Waals surface area contributed by atoms with Crippen molar-refractivity contribution in [1.82, 2.24) is 9.97 Å². The number of benzene rings is 3. The summed E-state index contributed by atoms with van der Waals surface area (Å²) in [5, 5.41) is 14.6. The molecule has 3 aromatic carbocycles. The molecule has 45 heavy (non-hydrogen) atoms. The number of rotatable bonds is 16. The molecule has 0 atom stereocenters. The Balaban J connectivity index is 1.45. The van der Waals surface area contributed by atoms with Crippen molar-refractivity contribution in [2.75, 3.05) is 64.1 Å². The number of amides is 1. The number of carbonyl (C=O) groups is 1. The molecule has 1 aromatic heterocycles. The first-order valence-corrected chi connectivity index (χ1v) is 14.5. The van der Waals surface area contributed by atoms with Crippen LogP contribution >= 0.6 is 0 Å². The lowest BCUT2D eigenvalue weighted by Gasteiger charge is -2.34. The van der Waals surface area contributed by atoms with Gasteiger partial charge in [0, 0.05) is 59.6 Å². The summed E-state index contributed by atoms with van der Waals surface area (Å²) in [6.07, 6.45) is 0.549. The molecule has 0 radical (unpaired) electrons. The number of nitrogens with zero attached hydrogens (tertiary/aromatic N) is 3. The van der Waals surface area contributed by atoms with Crippen LogP contribution in [0.3, 0.4) is 0 Å². The van der Waals surface area contributed by atoms with Crippen LogP contribution in [0.2, 0.25) is 0 Å². The lowest BCUT2D eigenvalue weighted by Crippen LogP contribution is -2.45. The maximum atomic E-state index is 12.2. The minimum Gasteiger partial charge on any atom is -0.497 e. The number of fused-ring (bicyclic) bond motifs is 1. The van der Waals surface area contributed by atoms with Crippen molar-refractivity contribution >= 4 is 34.2 Å². The topological polar surface area (TPSA) is 134 Å². The summed E-state index contributed by atoms with van der Waals surface area (Å²) in [7, 11) is 3.21. The van der Waals surface area contributed by atoms with Crippen LogP contribution in [0.25, 0.3) is 10.8 Å². The Bertz CT molecular complexity index is 1560. The van der Waals surface area contributed by atoms with Crippen LogP contribution in [-0.2, 0) is 14.2 Å². The lowest BCUT2D eigenvalue weighted by molar-refractivity contribution is 0.0179. The van der Waals surface area contributed by atoms with Crippen molar-refractivity contribution in [3.8, 4) is 23.1 Å². The predicted molar refractivity (Wildman–Crippen MR) is 172 cm³/mol. The Morgan fingerprint density at radius 3 is 2.24 bits per heavy atom. The van der Waals surface area contributed by atoms with E-state index in [1.807, 2.05) is 51.1 Å². The van der Waals surface area contributed by atoms with Gasteiger partial charge in [0.1, 0.15) is 23.9 Å². The molecule has 0 fully saturated rings. The van der Waals surface area contributed by atoms with Crippen molar-refractivity contribution in [1.29, 1.82) is 0 Å². The number of methoxy groups -OCH3 is 2. The van der Waals surface area contributed by atoms with Gasteiger partial charge >= 0.3 is 6.09 Å². The molecule has 4 aromatic rings. The average molecular weight is 621 g/mol. The van der Waals surface area contributed by atoms with Crippen LogP contribution in [0.1, 0.15) is 20.8 Å². The Labute approximate surface area is 262 Å². The second-order valence-corrected chi connectivity index (χ2v) is 10.8. The summed E-state index contributed by atoms with van der Waals surface area (Å²) in [4.78, 5) is 22.4. The first-order chi connectivity index (χ1) is 21.7. The van der Waals surface area contributed by atoms with Crippen LogP contribution in [0, 0.1) is 0 Å². The standard InChI is InChI=1S/C33H40N4O8/c1-33(2,3)37(32(38)39)28-10-11-29(27-9-7-6-8-26(27)28)45-30-12-13-34-31(36-30)35-23-20-24(41-5)22-25(21-23)44-19-18-43-17-16-42-15-14-40-4/h6-13,20-22H,14-19H2,1-5H3,(H,38,39)(H,34,35,36). The zero-order valence-electron chi connectivity index (χ0n) is 26.2. The number of anilines is 3. The molecule has 240 valence electrons. The molecule has 1 amide bonds. The summed E-state index contributed by atoms with van der Waals surface area (Å²) in [5.41, 5.74) is 0.569. The fourth-order valence-electron chi connectivity index (χ4n) is 4.52. The quantitative estimate of drug-likeness (QED) is 0.133. The molecule has 0 bridgehead atoms. The van der Waals surface area contributed by atoms with E-state index in [-0.39, 0.29) is 0 Å². The van der Waals surface area contributed by atoms with E-state index < -0.39 is 11.6 Å². The van der Waals surface area contributed by atoms with Gasteiger partial charge in [0.2, 0.25) is 11.8 Å². The van der Waals surface area contributed by atoms with Crippen LogP contribution in [-0.4, -0.2) is 80.6 Å². The summed E-state index contributed by atoms with van der Waals surface area (Å²) >= 11 is 0. The summed E-state index contributed by atoms with van der Waals surface area (Å²) in [6.45, 7) is 8.34. The second kappa shape index (κ2) is 15.9. The van der Waals surface area contributed by atoms with Gasteiger partial charge in [-0.05, 0) is 32.9 Å². The molecule has 12 nitrogen and oxygen atoms in total. The number of nitrogens with one attached hydrogen (secondary N) is 1. The highest BCUT2D eigenvalue weighted by Crippen LogP contribution is 2.38. The first kappa shape index (κ1) is 33.2. The van der Waals surface area contributed by atoms with Gasteiger partial charge in [0.15, 0.2) is 0 Å². The maximum Gasteiger partial charge on any atom is 0.412 e. The van der Waals surface area contributed by atoms with Gasteiger partial charge < -0.3 is 38.8 Å². The third-order valence-corrected chi connectivity index (χ3v) is 6.48. The predicted octanol–water partition coefficient (Wildman–Crippen LogP) is 6.52. The number of ether oxygens (including phenoxy) is 6. The van der Waals surface area contributed by atoms with Gasteiger partial charge in [-0.15, -0.1) is 0 Å². The van der Waals surface area contributed by atoms with Crippen molar-refractivity contribution in [2.45, 2.75) is 26.3 Å². The van der Waals surface area contributed by atoms with Gasteiger partial charge in [-0.25, -0.2) is 9.78 Å². The minimum absolute atomic E-state index is 0.300. The number of hydrogen-bond donors (Lipinski definition) is 2. The molecule has 0 saturated carbocycles. The van der Waals surface area contributed by atoms with Crippen molar-refractivity contribution < 1.29 is 38.3 Å². The van der Waals surface area contributed by atoms with Crippen molar-refractivity contribution in [3.63, 3.8) is 0 Å². The van der Waals surface area contributed by atoms with Gasteiger partial charge in [-0.2, -0.15) is 4.98 Å².